The Hall–Kier alpha value is -1.74. The fourth-order valence-electron chi connectivity index (χ4n) is 1.43. The van der Waals surface area contributed by atoms with E-state index in [2.05, 4.69) is 4.40 Å². The molecule has 0 aliphatic heterocycles. The molecule has 0 atom stereocenters. The van der Waals surface area contributed by atoms with Crippen LogP contribution in [0.2, 0.25) is 0 Å². The third kappa shape index (κ3) is 3.11. The Bertz CT molecular complexity index is 523. The van der Waals surface area contributed by atoms with Crippen molar-refractivity contribution in [3.05, 3.63) is 60.2 Å². The summed E-state index contributed by atoms with van der Waals surface area (Å²) >= 11 is 1.41. The topological polar surface area (TPSA) is 32.6 Å². The van der Waals surface area contributed by atoms with Gasteiger partial charge in [0.1, 0.15) is 5.75 Å². The highest BCUT2D eigenvalue weighted by atomic mass is 32.2. The van der Waals surface area contributed by atoms with Crippen LogP contribution in [0.15, 0.2) is 63.9 Å². The maximum atomic E-state index is 9.69. The van der Waals surface area contributed by atoms with Crippen LogP contribution in [0.4, 0.5) is 0 Å². The van der Waals surface area contributed by atoms with Gasteiger partial charge in [0.05, 0.1) is 5.71 Å². The van der Waals surface area contributed by atoms with Gasteiger partial charge in [-0.2, -0.15) is 0 Å². The van der Waals surface area contributed by atoms with E-state index in [1.807, 2.05) is 49.4 Å². The molecular formula is C14H13NOS. The minimum atomic E-state index is 0.266. The molecule has 86 valence electrons. The van der Waals surface area contributed by atoms with Gasteiger partial charge >= 0.3 is 0 Å². The molecule has 0 aliphatic carbocycles. The minimum Gasteiger partial charge on any atom is -0.507 e. The van der Waals surface area contributed by atoms with Crippen molar-refractivity contribution < 1.29 is 5.11 Å². The number of phenolic OH excluding ortho intramolecular Hbond substituents is 1. The van der Waals surface area contributed by atoms with Crippen LogP contribution >= 0.6 is 11.9 Å². The quantitative estimate of drug-likeness (QED) is 0.655. The second-order valence-electron chi connectivity index (χ2n) is 3.60. The summed E-state index contributed by atoms with van der Waals surface area (Å²) in [5.41, 5.74) is 1.59. The van der Waals surface area contributed by atoms with Crippen molar-refractivity contribution in [2.75, 3.05) is 0 Å². The van der Waals surface area contributed by atoms with Crippen molar-refractivity contribution in [2.45, 2.75) is 11.8 Å². The predicted molar refractivity (Wildman–Crippen MR) is 72.6 cm³/mol. The summed E-state index contributed by atoms with van der Waals surface area (Å²) in [5.74, 6) is 0.266. The molecule has 2 nitrogen and oxygen atoms in total. The highest BCUT2D eigenvalue weighted by Crippen LogP contribution is 2.22. The Balaban J connectivity index is 2.16. The molecule has 2 rings (SSSR count). The average molecular weight is 243 g/mol. The molecule has 3 heteroatoms. The maximum Gasteiger partial charge on any atom is 0.124 e. The molecule has 0 spiro atoms. The first-order valence-corrected chi connectivity index (χ1v) is 6.10. The van der Waals surface area contributed by atoms with E-state index < -0.39 is 0 Å². The zero-order valence-electron chi connectivity index (χ0n) is 9.50. The lowest BCUT2D eigenvalue weighted by Crippen LogP contribution is -1.93. The number of rotatable bonds is 3. The predicted octanol–water partition coefficient (Wildman–Crippen LogP) is 3.91. The number of benzene rings is 2. The number of para-hydroxylation sites is 1. The molecule has 0 bridgehead atoms. The van der Waals surface area contributed by atoms with Crippen LogP contribution in [0.5, 0.6) is 5.75 Å². The minimum absolute atomic E-state index is 0.266. The second kappa shape index (κ2) is 5.55. The summed E-state index contributed by atoms with van der Waals surface area (Å²) in [5, 5.41) is 9.69. The number of phenols is 1. The van der Waals surface area contributed by atoms with Gasteiger partial charge in [0, 0.05) is 22.4 Å². The molecule has 0 saturated carbocycles. The maximum absolute atomic E-state index is 9.69. The van der Waals surface area contributed by atoms with E-state index in [0.29, 0.717) is 0 Å². The van der Waals surface area contributed by atoms with E-state index in [-0.39, 0.29) is 5.75 Å². The number of nitrogens with zero attached hydrogens (tertiary/aromatic N) is 1. The first-order chi connectivity index (χ1) is 8.27. The van der Waals surface area contributed by atoms with E-state index in [1.165, 1.54) is 11.9 Å². The van der Waals surface area contributed by atoms with Gasteiger partial charge in [0.15, 0.2) is 0 Å². The third-order valence-electron chi connectivity index (χ3n) is 2.33. The highest BCUT2D eigenvalue weighted by Gasteiger charge is 2.02. The van der Waals surface area contributed by atoms with Crippen molar-refractivity contribution >= 4 is 17.7 Å². The monoisotopic (exact) mass is 243 g/mol. The molecule has 0 aromatic heterocycles. The van der Waals surface area contributed by atoms with Gasteiger partial charge in [0.2, 0.25) is 0 Å². The lowest BCUT2D eigenvalue weighted by Gasteiger charge is -2.03. The fraction of sp³-hybridized carbons (Fsp3) is 0.0714. The van der Waals surface area contributed by atoms with Crippen LogP contribution in [-0.4, -0.2) is 10.8 Å². The smallest absolute Gasteiger partial charge is 0.124 e. The molecule has 0 saturated heterocycles. The van der Waals surface area contributed by atoms with Gasteiger partial charge < -0.3 is 5.11 Å². The fourth-order valence-corrected chi connectivity index (χ4v) is 2.05. The van der Waals surface area contributed by atoms with Crippen molar-refractivity contribution in [3.63, 3.8) is 0 Å². The lowest BCUT2D eigenvalue weighted by molar-refractivity contribution is 0.474. The van der Waals surface area contributed by atoms with Crippen LogP contribution in [0, 0.1) is 0 Å². The van der Waals surface area contributed by atoms with Crippen LogP contribution in [0.3, 0.4) is 0 Å². The molecule has 1 N–H and O–H groups in total. The van der Waals surface area contributed by atoms with Crippen molar-refractivity contribution in [1.82, 2.24) is 0 Å². The molecule has 0 fully saturated rings. The molecule has 0 unspecified atom stereocenters. The van der Waals surface area contributed by atoms with Crippen LogP contribution in [0.1, 0.15) is 12.5 Å². The summed E-state index contributed by atoms with van der Waals surface area (Å²) < 4.78 is 4.40. The van der Waals surface area contributed by atoms with Gasteiger partial charge in [0.25, 0.3) is 0 Å². The van der Waals surface area contributed by atoms with Gasteiger partial charge in [-0.15, -0.1) is 0 Å². The van der Waals surface area contributed by atoms with Crippen molar-refractivity contribution in [2.24, 2.45) is 4.40 Å². The van der Waals surface area contributed by atoms with E-state index in [1.54, 1.807) is 12.1 Å². The summed E-state index contributed by atoms with van der Waals surface area (Å²) in [6, 6.07) is 17.2. The van der Waals surface area contributed by atoms with Gasteiger partial charge in [-0.25, -0.2) is 4.40 Å². The van der Waals surface area contributed by atoms with E-state index in [9.17, 15) is 5.11 Å². The number of hydrogen-bond acceptors (Lipinski definition) is 3. The van der Waals surface area contributed by atoms with E-state index in [4.69, 9.17) is 0 Å². The Labute approximate surface area is 105 Å². The molecule has 0 amide bonds. The van der Waals surface area contributed by atoms with Crippen LogP contribution in [0.25, 0.3) is 0 Å². The summed E-state index contributed by atoms with van der Waals surface area (Å²) in [6.45, 7) is 1.89. The number of aromatic hydroxyl groups is 1. The van der Waals surface area contributed by atoms with Crippen LogP contribution in [-0.2, 0) is 0 Å². The van der Waals surface area contributed by atoms with Gasteiger partial charge in [-0.05, 0) is 31.2 Å². The Morgan fingerprint density at radius 1 is 1.00 bits per heavy atom. The summed E-state index contributed by atoms with van der Waals surface area (Å²) in [7, 11) is 0. The molecule has 2 aromatic rings. The molecule has 0 aliphatic rings. The van der Waals surface area contributed by atoms with Crippen molar-refractivity contribution in [1.29, 1.82) is 0 Å². The van der Waals surface area contributed by atoms with Gasteiger partial charge in [-0.1, -0.05) is 30.3 Å². The molecule has 2 aromatic carbocycles. The lowest BCUT2D eigenvalue weighted by atomic mass is 10.1. The zero-order chi connectivity index (χ0) is 12.1. The van der Waals surface area contributed by atoms with Crippen LogP contribution < -0.4 is 0 Å². The molecule has 0 radical (unpaired) electrons. The Morgan fingerprint density at radius 2 is 1.65 bits per heavy atom. The number of hydrogen-bond donors (Lipinski definition) is 1. The standard InChI is InChI=1S/C14H13NOS/c1-11(13-9-5-6-10-14(13)16)15-17-12-7-3-2-4-8-12/h2-10,16H,1H3/b15-11+. The van der Waals surface area contributed by atoms with Crippen molar-refractivity contribution in [3.8, 4) is 5.75 Å². The first kappa shape index (κ1) is 11.7. The zero-order valence-corrected chi connectivity index (χ0v) is 10.3. The molecule has 0 heterocycles. The largest absolute Gasteiger partial charge is 0.507 e. The van der Waals surface area contributed by atoms with E-state index in [0.717, 1.165) is 16.2 Å². The molecule has 17 heavy (non-hydrogen) atoms. The Kier molecular flexibility index (Phi) is 3.83. The highest BCUT2D eigenvalue weighted by molar-refractivity contribution is 7.98. The summed E-state index contributed by atoms with van der Waals surface area (Å²) in [6.07, 6.45) is 0. The second-order valence-corrected chi connectivity index (χ2v) is 4.43. The Morgan fingerprint density at radius 3 is 2.35 bits per heavy atom. The third-order valence-corrected chi connectivity index (χ3v) is 3.17. The van der Waals surface area contributed by atoms with E-state index >= 15 is 0 Å². The SMILES string of the molecule is C/C(=N\Sc1ccccc1)c1ccccc1O. The van der Waals surface area contributed by atoms with Gasteiger partial charge in [-0.3, -0.25) is 0 Å². The first-order valence-electron chi connectivity index (χ1n) is 5.32. The summed E-state index contributed by atoms with van der Waals surface area (Å²) in [4.78, 5) is 1.09. The normalized spacial score (nSPS) is 11.5. The average Bonchev–Trinajstić information content (AvgIpc) is 2.38. The molecular weight excluding hydrogens is 230 g/mol.